The van der Waals surface area contributed by atoms with Crippen LogP contribution in [-0.2, 0) is 0 Å². The van der Waals surface area contributed by atoms with Crippen LogP contribution in [0.4, 0.5) is 0 Å². The third-order valence-corrected chi connectivity index (χ3v) is 8.21. The molecule has 0 unspecified atom stereocenters. The molecule has 8 rings (SSSR count). The average molecular weight is 535 g/mol. The molecule has 0 saturated carbocycles. The van der Waals surface area contributed by atoms with Crippen LogP contribution in [0.25, 0.3) is 66.1 Å². The van der Waals surface area contributed by atoms with E-state index in [1.54, 1.807) is 0 Å². The molecule has 0 radical (unpaired) electrons. The molecule has 0 atom stereocenters. The standard InChI is InChI=1S/C38H22N4/c39-23-25-20-21-38(42-35-17-7-3-12-29(35)30-13-4-8-18-36(30)42)31(22-25)26-14-9-19-37(32(26)24-40)41-33-15-5-1-10-27(33)28-11-2-6-16-34(28)41/h1-22H. The largest absolute Gasteiger partial charge is 0.309 e. The second-order valence-electron chi connectivity index (χ2n) is 10.4. The molecule has 0 aliphatic heterocycles. The van der Waals surface area contributed by atoms with Crippen LogP contribution in [0.2, 0.25) is 0 Å². The quantitative estimate of drug-likeness (QED) is 0.227. The van der Waals surface area contributed by atoms with Gasteiger partial charge >= 0.3 is 0 Å². The fourth-order valence-corrected chi connectivity index (χ4v) is 6.45. The molecule has 0 saturated heterocycles. The van der Waals surface area contributed by atoms with Gasteiger partial charge in [0.1, 0.15) is 6.07 Å². The molecule has 0 amide bonds. The smallest absolute Gasteiger partial charge is 0.102 e. The molecular formula is C38H22N4. The van der Waals surface area contributed by atoms with Crippen molar-refractivity contribution in [3.8, 4) is 34.6 Å². The maximum Gasteiger partial charge on any atom is 0.102 e. The minimum atomic E-state index is 0.542. The first-order valence-electron chi connectivity index (χ1n) is 13.8. The predicted molar refractivity (Wildman–Crippen MR) is 170 cm³/mol. The monoisotopic (exact) mass is 534 g/mol. The van der Waals surface area contributed by atoms with E-state index in [1.807, 2.05) is 72.8 Å². The van der Waals surface area contributed by atoms with Crippen LogP contribution >= 0.6 is 0 Å². The molecule has 4 heteroatoms. The summed E-state index contributed by atoms with van der Waals surface area (Å²) in [6, 6.07) is 50.0. The fraction of sp³-hybridized carbons (Fsp3) is 0. The Bertz CT molecular complexity index is 2340. The predicted octanol–water partition coefficient (Wildman–Crippen LogP) is 9.29. The van der Waals surface area contributed by atoms with Crippen LogP contribution in [0.1, 0.15) is 11.1 Å². The molecule has 0 spiro atoms. The van der Waals surface area contributed by atoms with Crippen LogP contribution in [0.15, 0.2) is 133 Å². The first kappa shape index (κ1) is 23.8. The maximum atomic E-state index is 10.8. The molecule has 0 N–H and O–H groups in total. The van der Waals surface area contributed by atoms with Crippen molar-refractivity contribution in [1.29, 1.82) is 10.5 Å². The molecular weight excluding hydrogens is 512 g/mol. The molecule has 0 aliphatic carbocycles. The Morgan fingerprint density at radius 3 is 1.36 bits per heavy atom. The number of para-hydroxylation sites is 4. The van der Waals surface area contributed by atoms with Crippen molar-refractivity contribution in [2.75, 3.05) is 0 Å². The zero-order valence-corrected chi connectivity index (χ0v) is 22.5. The third-order valence-electron chi connectivity index (χ3n) is 8.21. The second kappa shape index (κ2) is 9.24. The van der Waals surface area contributed by atoms with Gasteiger partial charge in [-0.1, -0.05) is 84.9 Å². The Labute approximate surface area is 242 Å². The highest BCUT2D eigenvalue weighted by atomic mass is 15.0. The van der Waals surface area contributed by atoms with E-state index in [0.29, 0.717) is 11.1 Å². The van der Waals surface area contributed by atoms with Gasteiger partial charge in [-0.25, -0.2) is 0 Å². The van der Waals surface area contributed by atoms with Crippen molar-refractivity contribution < 1.29 is 0 Å². The Hall–Kier alpha value is -6.10. The second-order valence-corrected chi connectivity index (χ2v) is 10.4. The van der Waals surface area contributed by atoms with Gasteiger partial charge in [0.15, 0.2) is 0 Å². The van der Waals surface area contributed by atoms with Crippen molar-refractivity contribution in [3.63, 3.8) is 0 Å². The van der Waals surface area contributed by atoms with Crippen molar-refractivity contribution in [2.45, 2.75) is 0 Å². The van der Waals surface area contributed by atoms with Crippen LogP contribution in [0.5, 0.6) is 0 Å². The highest BCUT2D eigenvalue weighted by Gasteiger charge is 2.21. The SMILES string of the molecule is N#Cc1ccc(-n2c3ccccc3c3ccccc32)c(-c2cccc(-n3c4ccccc4c4ccccc43)c2C#N)c1. The van der Waals surface area contributed by atoms with E-state index in [0.717, 1.165) is 66.1 Å². The molecule has 0 aliphatic rings. The first-order chi connectivity index (χ1) is 20.8. The molecule has 8 aromatic rings. The molecule has 6 aromatic carbocycles. The van der Waals surface area contributed by atoms with Crippen LogP contribution in [-0.4, -0.2) is 9.13 Å². The Kier molecular flexibility index (Phi) is 5.22. The fourth-order valence-electron chi connectivity index (χ4n) is 6.45. The van der Waals surface area contributed by atoms with Crippen molar-refractivity contribution in [1.82, 2.24) is 9.13 Å². The van der Waals surface area contributed by atoms with Crippen LogP contribution in [0, 0.1) is 22.7 Å². The summed E-state index contributed by atoms with van der Waals surface area (Å²) in [5.41, 5.74) is 8.67. The Balaban J connectivity index is 1.47. The van der Waals surface area contributed by atoms with E-state index in [9.17, 15) is 10.5 Å². The van der Waals surface area contributed by atoms with Crippen LogP contribution < -0.4 is 0 Å². The zero-order valence-electron chi connectivity index (χ0n) is 22.5. The average Bonchev–Trinajstić information content (AvgIpc) is 3.57. The van der Waals surface area contributed by atoms with E-state index in [1.165, 1.54) is 0 Å². The summed E-state index contributed by atoms with van der Waals surface area (Å²) in [6.07, 6.45) is 0. The molecule has 2 heterocycles. The van der Waals surface area contributed by atoms with Crippen molar-refractivity contribution >= 4 is 43.6 Å². The summed E-state index contributed by atoms with van der Waals surface area (Å²) in [4.78, 5) is 0. The summed E-state index contributed by atoms with van der Waals surface area (Å²) in [6.45, 7) is 0. The Morgan fingerprint density at radius 2 is 0.881 bits per heavy atom. The number of rotatable bonds is 3. The van der Waals surface area contributed by atoms with E-state index in [2.05, 4.69) is 81.9 Å². The number of nitrogens with zero attached hydrogens (tertiary/aromatic N) is 4. The molecule has 2 aromatic heterocycles. The summed E-state index contributed by atoms with van der Waals surface area (Å²) in [5.74, 6) is 0. The molecule has 0 bridgehead atoms. The van der Waals surface area contributed by atoms with Crippen molar-refractivity contribution in [3.05, 3.63) is 145 Å². The lowest BCUT2D eigenvalue weighted by Crippen LogP contribution is -2.02. The zero-order chi connectivity index (χ0) is 28.2. The van der Waals surface area contributed by atoms with Gasteiger partial charge in [0, 0.05) is 32.7 Å². The highest BCUT2D eigenvalue weighted by molar-refractivity contribution is 6.11. The summed E-state index contributed by atoms with van der Waals surface area (Å²) in [7, 11) is 0. The van der Waals surface area contributed by atoms with E-state index in [-0.39, 0.29) is 0 Å². The number of fused-ring (bicyclic) bond motifs is 6. The number of hydrogen-bond acceptors (Lipinski definition) is 2. The number of hydrogen-bond donors (Lipinski definition) is 0. The van der Waals surface area contributed by atoms with Gasteiger partial charge in [-0.05, 0) is 48.5 Å². The summed E-state index contributed by atoms with van der Waals surface area (Å²) < 4.78 is 4.43. The number of nitriles is 2. The Morgan fingerprint density at radius 1 is 0.405 bits per heavy atom. The van der Waals surface area contributed by atoms with Gasteiger partial charge in [0.05, 0.1) is 50.6 Å². The number of benzene rings is 6. The van der Waals surface area contributed by atoms with Crippen molar-refractivity contribution in [2.24, 2.45) is 0 Å². The molecule has 0 fully saturated rings. The normalized spacial score (nSPS) is 11.3. The minimum absolute atomic E-state index is 0.542. The summed E-state index contributed by atoms with van der Waals surface area (Å²) in [5, 5.41) is 25.3. The molecule has 42 heavy (non-hydrogen) atoms. The first-order valence-corrected chi connectivity index (χ1v) is 13.8. The van der Waals surface area contributed by atoms with Gasteiger partial charge in [0.2, 0.25) is 0 Å². The lowest BCUT2D eigenvalue weighted by atomic mass is 9.95. The minimum Gasteiger partial charge on any atom is -0.309 e. The topological polar surface area (TPSA) is 57.4 Å². The lowest BCUT2D eigenvalue weighted by molar-refractivity contribution is 1.16. The maximum absolute atomic E-state index is 10.8. The van der Waals surface area contributed by atoms with E-state index >= 15 is 0 Å². The van der Waals surface area contributed by atoms with Gasteiger partial charge in [-0.2, -0.15) is 10.5 Å². The molecule has 194 valence electrons. The van der Waals surface area contributed by atoms with Gasteiger partial charge in [0.25, 0.3) is 0 Å². The van der Waals surface area contributed by atoms with Gasteiger partial charge < -0.3 is 9.13 Å². The highest BCUT2D eigenvalue weighted by Crippen LogP contribution is 2.40. The van der Waals surface area contributed by atoms with Crippen LogP contribution in [0.3, 0.4) is 0 Å². The number of aromatic nitrogens is 2. The van der Waals surface area contributed by atoms with E-state index in [4.69, 9.17) is 0 Å². The molecule has 4 nitrogen and oxygen atoms in total. The lowest BCUT2D eigenvalue weighted by Gasteiger charge is -2.18. The van der Waals surface area contributed by atoms with Gasteiger partial charge in [-0.3, -0.25) is 0 Å². The van der Waals surface area contributed by atoms with Gasteiger partial charge in [-0.15, -0.1) is 0 Å². The summed E-state index contributed by atoms with van der Waals surface area (Å²) >= 11 is 0. The van der Waals surface area contributed by atoms with E-state index < -0.39 is 0 Å². The third kappa shape index (κ3) is 3.33.